The number of allylic oxidation sites excluding steroid dienone is 1. The van der Waals surface area contributed by atoms with Crippen molar-refractivity contribution in [3.63, 3.8) is 0 Å². The average molecular weight is 262 g/mol. The van der Waals surface area contributed by atoms with Crippen molar-refractivity contribution in [2.75, 3.05) is 13.6 Å². The molecule has 0 aliphatic heterocycles. The highest BCUT2D eigenvalue weighted by atomic mass is 32.2. The molecule has 0 aromatic rings. The van der Waals surface area contributed by atoms with Gasteiger partial charge >= 0.3 is 5.97 Å². The van der Waals surface area contributed by atoms with Crippen LogP contribution in [-0.4, -0.2) is 43.4 Å². The van der Waals surface area contributed by atoms with Gasteiger partial charge in [-0.25, -0.2) is 0 Å². The Bertz CT molecular complexity index is 391. The zero-order chi connectivity index (χ0) is 12.9. The Hall–Kier alpha value is -0.920. The molecule has 0 fully saturated rings. The second-order valence-electron chi connectivity index (χ2n) is 4.07. The molecule has 0 bridgehead atoms. The molecule has 0 aromatic heterocycles. The molecule has 1 aliphatic carbocycles. The van der Waals surface area contributed by atoms with Crippen molar-refractivity contribution in [1.82, 2.24) is 9.03 Å². The van der Waals surface area contributed by atoms with Gasteiger partial charge in [-0.1, -0.05) is 12.2 Å². The normalized spacial score (nSPS) is 20.7. The predicted molar refractivity (Wildman–Crippen MR) is 63.7 cm³/mol. The van der Waals surface area contributed by atoms with E-state index in [-0.39, 0.29) is 19.0 Å². The van der Waals surface area contributed by atoms with Crippen LogP contribution in [0.15, 0.2) is 12.2 Å². The highest BCUT2D eigenvalue weighted by Gasteiger charge is 2.22. The van der Waals surface area contributed by atoms with Gasteiger partial charge in [0, 0.05) is 19.6 Å². The van der Waals surface area contributed by atoms with Gasteiger partial charge in [-0.05, 0) is 19.3 Å². The fourth-order valence-electron chi connectivity index (χ4n) is 1.57. The second-order valence-corrected chi connectivity index (χ2v) is 5.88. The molecule has 0 saturated heterocycles. The number of rotatable bonds is 6. The summed E-state index contributed by atoms with van der Waals surface area (Å²) in [6.07, 6.45) is 6.12. The molecule has 0 aromatic carbocycles. The van der Waals surface area contributed by atoms with Gasteiger partial charge < -0.3 is 5.11 Å². The Morgan fingerprint density at radius 3 is 2.76 bits per heavy atom. The third kappa shape index (κ3) is 4.84. The number of carbonyl (C=O) groups is 1. The van der Waals surface area contributed by atoms with Crippen molar-refractivity contribution >= 4 is 16.2 Å². The van der Waals surface area contributed by atoms with Crippen molar-refractivity contribution in [3.05, 3.63) is 12.2 Å². The van der Waals surface area contributed by atoms with Gasteiger partial charge in [-0.15, -0.1) is 0 Å². The fraction of sp³-hybridized carbons (Fsp3) is 0.700. The maximum atomic E-state index is 11.8. The molecule has 0 amide bonds. The Morgan fingerprint density at radius 1 is 1.53 bits per heavy atom. The summed E-state index contributed by atoms with van der Waals surface area (Å²) in [4.78, 5) is 10.4. The summed E-state index contributed by atoms with van der Waals surface area (Å²) < 4.78 is 27.2. The Morgan fingerprint density at radius 2 is 2.24 bits per heavy atom. The molecule has 0 saturated carbocycles. The van der Waals surface area contributed by atoms with Gasteiger partial charge in [0.05, 0.1) is 6.42 Å². The van der Waals surface area contributed by atoms with Crippen LogP contribution in [0.1, 0.15) is 25.7 Å². The molecule has 1 unspecified atom stereocenters. The minimum Gasteiger partial charge on any atom is -0.481 e. The number of hydrogen-bond donors (Lipinski definition) is 2. The van der Waals surface area contributed by atoms with Gasteiger partial charge in [0.2, 0.25) is 0 Å². The zero-order valence-corrected chi connectivity index (χ0v) is 10.6. The molecule has 2 N–H and O–H groups in total. The number of carboxylic acids is 1. The molecule has 1 aliphatic rings. The van der Waals surface area contributed by atoms with Crippen LogP contribution in [0.3, 0.4) is 0 Å². The van der Waals surface area contributed by atoms with E-state index in [0.717, 1.165) is 17.1 Å². The minimum atomic E-state index is -3.57. The summed E-state index contributed by atoms with van der Waals surface area (Å²) >= 11 is 0. The van der Waals surface area contributed by atoms with E-state index in [4.69, 9.17) is 5.11 Å². The van der Waals surface area contributed by atoms with Crippen LogP contribution in [0.5, 0.6) is 0 Å². The lowest BCUT2D eigenvalue weighted by Crippen LogP contribution is -2.44. The lowest BCUT2D eigenvalue weighted by molar-refractivity contribution is -0.137. The highest BCUT2D eigenvalue weighted by molar-refractivity contribution is 7.87. The number of hydrogen-bond acceptors (Lipinski definition) is 3. The largest absolute Gasteiger partial charge is 0.481 e. The van der Waals surface area contributed by atoms with Gasteiger partial charge in [0.25, 0.3) is 10.2 Å². The average Bonchev–Trinajstić information content (AvgIpc) is 2.26. The summed E-state index contributed by atoms with van der Waals surface area (Å²) in [5, 5.41) is 8.50. The molecular formula is C10H18N2O4S. The van der Waals surface area contributed by atoms with E-state index in [2.05, 4.69) is 4.72 Å². The van der Waals surface area contributed by atoms with Crippen LogP contribution in [-0.2, 0) is 15.0 Å². The Balaban J connectivity index is 2.49. The van der Waals surface area contributed by atoms with Crippen molar-refractivity contribution in [2.24, 2.45) is 0 Å². The smallest absolute Gasteiger partial charge is 0.304 e. The fourth-order valence-corrected chi connectivity index (χ4v) is 2.72. The number of aliphatic carboxylic acids is 1. The number of nitrogens with one attached hydrogen (secondary N) is 1. The summed E-state index contributed by atoms with van der Waals surface area (Å²) in [7, 11) is -2.19. The molecule has 1 rings (SSSR count). The van der Waals surface area contributed by atoms with Crippen molar-refractivity contribution in [1.29, 1.82) is 0 Å². The van der Waals surface area contributed by atoms with Crippen LogP contribution in [0.25, 0.3) is 0 Å². The van der Waals surface area contributed by atoms with Crippen LogP contribution in [0.2, 0.25) is 0 Å². The predicted octanol–water partition coefficient (Wildman–Crippen LogP) is 0.336. The first kappa shape index (κ1) is 14.1. The van der Waals surface area contributed by atoms with Gasteiger partial charge in [-0.2, -0.15) is 17.4 Å². The maximum absolute atomic E-state index is 11.8. The Kier molecular flexibility index (Phi) is 5.10. The van der Waals surface area contributed by atoms with E-state index in [0.29, 0.717) is 6.42 Å². The van der Waals surface area contributed by atoms with Crippen LogP contribution in [0, 0.1) is 0 Å². The van der Waals surface area contributed by atoms with Gasteiger partial charge in [0.1, 0.15) is 0 Å². The minimum absolute atomic E-state index is 0.0206. The van der Waals surface area contributed by atoms with E-state index >= 15 is 0 Å². The van der Waals surface area contributed by atoms with E-state index in [1.165, 1.54) is 7.05 Å². The number of carboxylic acid groups (broad SMARTS) is 1. The third-order valence-corrected chi connectivity index (χ3v) is 4.27. The molecule has 1 atom stereocenters. The van der Waals surface area contributed by atoms with E-state index < -0.39 is 16.2 Å². The van der Waals surface area contributed by atoms with Crippen molar-refractivity contribution in [2.45, 2.75) is 31.7 Å². The topological polar surface area (TPSA) is 86.7 Å². The van der Waals surface area contributed by atoms with Crippen molar-refractivity contribution in [3.8, 4) is 0 Å². The summed E-state index contributed by atoms with van der Waals surface area (Å²) in [6, 6.07) is -0.0859. The standard InChI is InChI=1S/C10H18N2O4S/c1-12(8-7-10(13)14)17(15,16)11-9-5-3-2-4-6-9/h2-3,9,11H,4-8H2,1H3,(H,13,14). The molecule has 6 nitrogen and oxygen atoms in total. The first-order valence-corrected chi connectivity index (χ1v) is 6.96. The summed E-state index contributed by atoms with van der Waals surface area (Å²) in [5.74, 6) is -1.01. The molecule has 0 heterocycles. The molecule has 98 valence electrons. The number of nitrogens with zero attached hydrogens (tertiary/aromatic N) is 1. The van der Waals surface area contributed by atoms with Crippen LogP contribution in [0.4, 0.5) is 0 Å². The first-order chi connectivity index (χ1) is 7.92. The van der Waals surface area contributed by atoms with E-state index in [1.807, 2.05) is 12.2 Å². The molecular weight excluding hydrogens is 244 g/mol. The lowest BCUT2D eigenvalue weighted by Gasteiger charge is -2.23. The Labute approximate surface area is 101 Å². The second kappa shape index (κ2) is 6.13. The molecule has 0 radical (unpaired) electrons. The first-order valence-electron chi connectivity index (χ1n) is 5.52. The van der Waals surface area contributed by atoms with Crippen LogP contribution < -0.4 is 4.72 Å². The quantitative estimate of drug-likeness (QED) is 0.676. The lowest BCUT2D eigenvalue weighted by atomic mass is 10.0. The highest BCUT2D eigenvalue weighted by Crippen LogP contribution is 2.12. The molecule has 7 heteroatoms. The van der Waals surface area contributed by atoms with E-state index in [1.54, 1.807) is 0 Å². The van der Waals surface area contributed by atoms with Gasteiger partial charge in [0.15, 0.2) is 0 Å². The molecule has 0 spiro atoms. The van der Waals surface area contributed by atoms with Gasteiger partial charge in [-0.3, -0.25) is 4.79 Å². The third-order valence-electron chi connectivity index (χ3n) is 2.64. The van der Waals surface area contributed by atoms with Crippen LogP contribution >= 0.6 is 0 Å². The van der Waals surface area contributed by atoms with Crippen molar-refractivity contribution < 1.29 is 18.3 Å². The maximum Gasteiger partial charge on any atom is 0.304 e. The summed E-state index contributed by atoms with van der Waals surface area (Å²) in [6.45, 7) is -0.0206. The SMILES string of the molecule is CN(CCC(=O)O)S(=O)(=O)NC1CC=CCC1. The van der Waals surface area contributed by atoms with E-state index in [9.17, 15) is 13.2 Å². The molecule has 17 heavy (non-hydrogen) atoms. The summed E-state index contributed by atoms with van der Waals surface area (Å²) in [5.41, 5.74) is 0. The zero-order valence-electron chi connectivity index (χ0n) is 9.80. The monoisotopic (exact) mass is 262 g/mol.